The van der Waals surface area contributed by atoms with E-state index in [9.17, 15) is 9.59 Å². The van der Waals surface area contributed by atoms with Crippen molar-refractivity contribution >= 4 is 17.6 Å². The van der Waals surface area contributed by atoms with E-state index in [0.717, 1.165) is 5.56 Å². The lowest BCUT2D eigenvalue weighted by atomic mass is 10.2. The van der Waals surface area contributed by atoms with Crippen molar-refractivity contribution in [2.75, 3.05) is 19.0 Å². The van der Waals surface area contributed by atoms with Gasteiger partial charge in [-0.3, -0.25) is 4.79 Å². The quantitative estimate of drug-likeness (QED) is 0.567. The number of nitrogens with one attached hydrogen (secondary N) is 1. The molecule has 27 heavy (non-hydrogen) atoms. The van der Waals surface area contributed by atoms with Gasteiger partial charge in [0.2, 0.25) is 0 Å². The van der Waals surface area contributed by atoms with Crippen LogP contribution in [0.3, 0.4) is 0 Å². The molecule has 2 rings (SSSR count). The molecule has 1 atom stereocenters. The molecule has 1 N–H and O–H groups in total. The molecule has 0 saturated heterocycles. The smallest absolute Gasteiger partial charge is 0.339 e. The molecule has 1 unspecified atom stereocenters. The third kappa shape index (κ3) is 5.34. The predicted molar refractivity (Wildman–Crippen MR) is 103 cm³/mol. The van der Waals surface area contributed by atoms with Gasteiger partial charge in [0, 0.05) is 5.69 Å². The van der Waals surface area contributed by atoms with E-state index in [1.54, 1.807) is 24.3 Å². The molecular weight excluding hydrogens is 346 g/mol. The standard InChI is InChI=1S/C21H23NO5/c1-5-12-26-18-11-10-16(13-19(18)25-4)21(24)27-15(3)20(23)22-17-9-7-6-8-14(17)2/h5-11,13,15H,1,12H2,2-4H3,(H,22,23). The van der Waals surface area contributed by atoms with E-state index >= 15 is 0 Å². The van der Waals surface area contributed by atoms with Crippen molar-refractivity contribution in [1.29, 1.82) is 0 Å². The molecule has 1 amide bonds. The molecular formula is C21H23NO5. The van der Waals surface area contributed by atoms with Crippen molar-refractivity contribution in [3.8, 4) is 11.5 Å². The number of aryl methyl sites for hydroxylation is 1. The predicted octanol–water partition coefficient (Wildman–Crippen LogP) is 3.75. The Hall–Kier alpha value is -3.28. The molecule has 0 aromatic heterocycles. The van der Waals surface area contributed by atoms with Gasteiger partial charge >= 0.3 is 5.97 Å². The van der Waals surface area contributed by atoms with Gasteiger partial charge < -0.3 is 19.5 Å². The maximum Gasteiger partial charge on any atom is 0.339 e. The molecule has 0 aliphatic carbocycles. The fourth-order valence-corrected chi connectivity index (χ4v) is 2.29. The molecule has 0 fully saturated rings. The maximum atomic E-state index is 12.4. The summed E-state index contributed by atoms with van der Waals surface area (Å²) in [5.74, 6) is -0.158. The van der Waals surface area contributed by atoms with Gasteiger partial charge in [0.1, 0.15) is 6.61 Å². The fourth-order valence-electron chi connectivity index (χ4n) is 2.29. The molecule has 142 valence electrons. The highest BCUT2D eigenvalue weighted by molar-refractivity contribution is 5.97. The van der Waals surface area contributed by atoms with Gasteiger partial charge in [-0.15, -0.1) is 0 Å². The molecule has 0 spiro atoms. The number of amides is 1. The number of para-hydroxylation sites is 1. The number of ether oxygens (including phenoxy) is 3. The Morgan fingerprint density at radius 1 is 1.19 bits per heavy atom. The molecule has 0 radical (unpaired) electrons. The minimum Gasteiger partial charge on any atom is -0.493 e. The van der Waals surface area contributed by atoms with Gasteiger partial charge in [0.15, 0.2) is 17.6 Å². The number of carbonyl (C=O) groups excluding carboxylic acids is 2. The number of hydrogen-bond donors (Lipinski definition) is 1. The van der Waals surface area contributed by atoms with Crippen LogP contribution in [0.4, 0.5) is 5.69 Å². The Bertz CT molecular complexity index is 831. The lowest BCUT2D eigenvalue weighted by Crippen LogP contribution is -2.30. The number of rotatable bonds is 8. The Morgan fingerprint density at radius 3 is 2.59 bits per heavy atom. The number of hydrogen-bond acceptors (Lipinski definition) is 5. The van der Waals surface area contributed by atoms with Crippen molar-refractivity contribution in [2.24, 2.45) is 0 Å². The third-order valence-electron chi connectivity index (χ3n) is 3.81. The second-order valence-electron chi connectivity index (χ2n) is 5.82. The summed E-state index contributed by atoms with van der Waals surface area (Å²) in [5.41, 5.74) is 1.85. The Balaban J connectivity index is 2.04. The van der Waals surface area contributed by atoms with Crippen LogP contribution in [-0.2, 0) is 9.53 Å². The molecule has 0 aliphatic heterocycles. The SMILES string of the molecule is C=CCOc1ccc(C(=O)OC(C)C(=O)Nc2ccccc2C)cc1OC. The van der Waals surface area contributed by atoms with Crippen LogP contribution in [0.15, 0.2) is 55.1 Å². The average Bonchev–Trinajstić information content (AvgIpc) is 2.67. The summed E-state index contributed by atoms with van der Waals surface area (Å²) < 4.78 is 15.9. The number of esters is 1. The highest BCUT2D eigenvalue weighted by atomic mass is 16.5. The minimum atomic E-state index is -0.959. The van der Waals surface area contributed by atoms with E-state index in [1.165, 1.54) is 20.1 Å². The van der Waals surface area contributed by atoms with Crippen LogP contribution in [0.2, 0.25) is 0 Å². The van der Waals surface area contributed by atoms with Crippen LogP contribution in [0.5, 0.6) is 11.5 Å². The number of anilines is 1. The topological polar surface area (TPSA) is 73.9 Å². The van der Waals surface area contributed by atoms with Crippen LogP contribution in [0, 0.1) is 6.92 Å². The number of carbonyl (C=O) groups is 2. The second kappa shape index (κ2) is 9.43. The van der Waals surface area contributed by atoms with Crippen molar-refractivity contribution in [3.63, 3.8) is 0 Å². The Labute approximate surface area is 158 Å². The summed E-state index contributed by atoms with van der Waals surface area (Å²) in [6.45, 7) is 7.30. The van der Waals surface area contributed by atoms with E-state index in [2.05, 4.69) is 11.9 Å². The summed E-state index contributed by atoms with van der Waals surface area (Å²) in [6.07, 6.45) is 0.649. The van der Waals surface area contributed by atoms with Gasteiger partial charge in [-0.25, -0.2) is 4.79 Å². The normalized spacial score (nSPS) is 11.2. The lowest BCUT2D eigenvalue weighted by molar-refractivity contribution is -0.123. The fraction of sp³-hybridized carbons (Fsp3) is 0.238. The minimum absolute atomic E-state index is 0.258. The van der Waals surface area contributed by atoms with Crippen LogP contribution in [0.25, 0.3) is 0 Å². The van der Waals surface area contributed by atoms with Crippen LogP contribution in [0.1, 0.15) is 22.8 Å². The van der Waals surface area contributed by atoms with E-state index < -0.39 is 18.0 Å². The van der Waals surface area contributed by atoms with Crippen molar-refractivity contribution < 1.29 is 23.8 Å². The van der Waals surface area contributed by atoms with Crippen LogP contribution < -0.4 is 14.8 Å². The largest absolute Gasteiger partial charge is 0.493 e. The summed E-state index contributed by atoms with van der Waals surface area (Å²) in [6, 6.07) is 12.0. The van der Waals surface area contributed by atoms with E-state index in [1.807, 2.05) is 25.1 Å². The molecule has 6 heteroatoms. The molecule has 0 saturated carbocycles. The third-order valence-corrected chi connectivity index (χ3v) is 3.81. The van der Waals surface area contributed by atoms with Gasteiger partial charge in [-0.05, 0) is 43.7 Å². The van der Waals surface area contributed by atoms with Crippen molar-refractivity contribution in [1.82, 2.24) is 0 Å². The van der Waals surface area contributed by atoms with Gasteiger partial charge in [0.25, 0.3) is 5.91 Å². The zero-order valence-electron chi connectivity index (χ0n) is 15.7. The van der Waals surface area contributed by atoms with Crippen molar-refractivity contribution in [3.05, 3.63) is 66.2 Å². The first-order valence-corrected chi connectivity index (χ1v) is 8.45. The van der Waals surface area contributed by atoms with E-state index in [-0.39, 0.29) is 5.56 Å². The van der Waals surface area contributed by atoms with E-state index in [0.29, 0.717) is 23.8 Å². The monoisotopic (exact) mass is 369 g/mol. The Morgan fingerprint density at radius 2 is 1.93 bits per heavy atom. The zero-order valence-corrected chi connectivity index (χ0v) is 15.7. The molecule has 0 heterocycles. The van der Waals surface area contributed by atoms with E-state index in [4.69, 9.17) is 14.2 Å². The summed E-state index contributed by atoms with van der Waals surface area (Å²) in [7, 11) is 1.48. The van der Waals surface area contributed by atoms with Gasteiger partial charge in [-0.2, -0.15) is 0 Å². The average molecular weight is 369 g/mol. The highest BCUT2D eigenvalue weighted by Crippen LogP contribution is 2.28. The van der Waals surface area contributed by atoms with Gasteiger partial charge in [-0.1, -0.05) is 30.9 Å². The van der Waals surface area contributed by atoms with Crippen LogP contribution >= 0.6 is 0 Å². The number of methoxy groups -OCH3 is 1. The second-order valence-corrected chi connectivity index (χ2v) is 5.82. The molecule has 2 aromatic rings. The molecule has 6 nitrogen and oxygen atoms in total. The molecule has 0 aliphatic rings. The Kier molecular flexibility index (Phi) is 7.00. The molecule has 2 aromatic carbocycles. The molecule has 0 bridgehead atoms. The first-order valence-electron chi connectivity index (χ1n) is 8.45. The summed E-state index contributed by atoms with van der Waals surface area (Å²) in [5, 5.41) is 2.75. The first-order chi connectivity index (χ1) is 13.0. The maximum absolute atomic E-state index is 12.4. The van der Waals surface area contributed by atoms with Gasteiger partial charge in [0.05, 0.1) is 12.7 Å². The zero-order chi connectivity index (χ0) is 19.8. The number of benzene rings is 2. The van der Waals surface area contributed by atoms with Crippen LogP contribution in [-0.4, -0.2) is 31.7 Å². The highest BCUT2D eigenvalue weighted by Gasteiger charge is 2.20. The summed E-state index contributed by atoms with van der Waals surface area (Å²) >= 11 is 0. The van der Waals surface area contributed by atoms with Crippen molar-refractivity contribution in [2.45, 2.75) is 20.0 Å². The lowest BCUT2D eigenvalue weighted by Gasteiger charge is -2.15. The first kappa shape index (κ1) is 20.0. The summed E-state index contributed by atoms with van der Waals surface area (Å²) in [4.78, 5) is 24.6.